The van der Waals surface area contributed by atoms with Gasteiger partial charge in [0.05, 0.1) is 5.92 Å². The smallest absolute Gasteiger partial charge is 0.233 e. The Labute approximate surface area is 176 Å². The average molecular weight is 399 g/mol. The number of benzene rings is 1. The molecular formula is C24H25N5O. The van der Waals surface area contributed by atoms with E-state index in [9.17, 15) is 4.79 Å². The minimum atomic E-state index is -0.153. The van der Waals surface area contributed by atoms with Gasteiger partial charge in [0.25, 0.3) is 0 Å². The fourth-order valence-electron chi connectivity index (χ4n) is 5.02. The van der Waals surface area contributed by atoms with Crippen molar-refractivity contribution in [2.24, 2.45) is 0 Å². The molecule has 5 rings (SSSR count). The molecule has 1 aromatic carbocycles. The van der Waals surface area contributed by atoms with Crippen molar-refractivity contribution in [3.8, 4) is 0 Å². The first-order valence-electron chi connectivity index (χ1n) is 10.4. The van der Waals surface area contributed by atoms with Crippen LogP contribution in [-0.2, 0) is 10.2 Å². The van der Waals surface area contributed by atoms with Crippen LogP contribution in [0.2, 0.25) is 0 Å². The highest BCUT2D eigenvalue weighted by molar-refractivity contribution is 5.96. The Bertz CT molecular complexity index is 1060. The molecule has 1 atom stereocenters. The van der Waals surface area contributed by atoms with Gasteiger partial charge < -0.3 is 16.0 Å². The van der Waals surface area contributed by atoms with Crippen molar-refractivity contribution in [1.29, 1.82) is 0 Å². The summed E-state index contributed by atoms with van der Waals surface area (Å²) in [5, 5.41) is 3.00. The van der Waals surface area contributed by atoms with E-state index < -0.39 is 0 Å². The molecule has 3 aromatic rings. The third kappa shape index (κ3) is 3.28. The second kappa shape index (κ2) is 7.44. The Balaban J connectivity index is 1.37. The number of aromatic nitrogens is 2. The first-order chi connectivity index (χ1) is 14.6. The van der Waals surface area contributed by atoms with Gasteiger partial charge in [-0.25, -0.2) is 9.97 Å². The van der Waals surface area contributed by atoms with Gasteiger partial charge in [-0.15, -0.1) is 0 Å². The van der Waals surface area contributed by atoms with E-state index in [1.54, 1.807) is 12.4 Å². The number of carbonyl (C=O) groups excluding carboxylic acids is 1. The summed E-state index contributed by atoms with van der Waals surface area (Å²) in [5.41, 5.74) is 9.18. The summed E-state index contributed by atoms with van der Waals surface area (Å²) < 4.78 is 0. The lowest BCUT2D eigenvalue weighted by Gasteiger charge is -2.41. The lowest BCUT2D eigenvalue weighted by atomic mass is 9.73. The van der Waals surface area contributed by atoms with Crippen LogP contribution < -0.4 is 16.0 Å². The maximum atomic E-state index is 13.1. The molecule has 1 aliphatic heterocycles. The third-order valence-electron chi connectivity index (χ3n) is 6.55. The SMILES string of the molecule is Nc1ccnc(N2CCC3(CC2)C[C@H](C(=O)Nc2ccccn2)c2ccccc23)c1. The number of hydrogen-bond acceptors (Lipinski definition) is 5. The topological polar surface area (TPSA) is 84.1 Å². The van der Waals surface area contributed by atoms with Crippen LogP contribution in [0.1, 0.15) is 36.3 Å². The molecule has 2 aromatic heterocycles. The predicted octanol–water partition coefficient (Wildman–Crippen LogP) is 3.72. The van der Waals surface area contributed by atoms with E-state index in [1.807, 2.05) is 36.4 Å². The standard InChI is InChI=1S/C24H25N5O/c25-17-8-12-27-22(15-17)29-13-9-24(10-14-29)16-19(18-5-1-2-6-20(18)24)23(30)28-21-7-3-4-11-26-21/h1-8,11-12,15,19H,9-10,13-14,16H2,(H2,25,27)(H,26,28,30)/t19-/m0/s1. The molecule has 1 fully saturated rings. The van der Waals surface area contributed by atoms with Crippen LogP contribution in [0.15, 0.2) is 67.0 Å². The van der Waals surface area contributed by atoms with Gasteiger partial charge in [0.1, 0.15) is 11.6 Å². The summed E-state index contributed by atoms with van der Waals surface area (Å²) in [7, 11) is 0. The van der Waals surface area contributed by atoms with Crippen molar-refractivity contribution >= 4 is 23.2 Å². The second-order valence-electron chi connectivity index (χ2n) is 8.26. The molecule has 152 valence electrons. The molecule has 1 amide bonds. The van der Waals surface area contributed by atoms with Crippen LogP contribution in [0.25, 0.3) is 0 Å². The number of nitrogen functional groups attached to an aromatic ring is 1. The first-order valence-corrected chi connectivity index (χ1v) is 10.4. The number of rotatable bonds is 3. The molecule has 0 bridgehead atoms. The van der Waals surface area contributed by atoms with Gasteiger partial charge >= 0.3 is 0 Å². The zero-order valence-electron chi connectivity index (χ0n) is 16.8. The number of nitrogens with zero attached hydrogens (tertiary/aromatic N) is 3. The van der Waals surface area contributed by atoms with Crippen molar-refractivity contribution in [3.05, 3.63) is 78.1 Å². The predicted molar refractivity (Wildman–Crippen MR) is 118 cm³/mol. The van der Waals surface area contributed by atoms with Gasteiger partial charge in [0, 0.05) is 42.7 Å². The molecule has 30 heavy (non-hydrogen) atoms. The van der Waals surface area contributed by atoms with Crippen LogP contribution in [0.4, 0.5) is 17.3 Å². The Hall–Kier alpha value is -3.41. The lowest BCUT2D eigenvalue weighted by molar-refractivity contribution is -0.117. The number of nitrogens with one attached hydrogen (secondary N) is 1. The molecule has 0 unspecified atom stereocenters. The molecule has 3 N–H and O–H groups in total. The normalized spacial score (nSPS) is 19.5. The minimum absolute atomic E-state index is 0.0259. The Morgan fingerprint density at radius 1 is 1.03 bits per heavy atom. The molecule has 3 heterocycles. The quantitative estimate of drug-likeness (QED) is 0.701. The lowest BCUT2D eigenvalue weighted by Crippen LogP contribution is -2.42. The maximum absolute atomic E-state index is 13.1. The van der Waals surface area contributed by atoms with E-state index >= 15 is 0 Å². The third-order valence-corrected chi connectivity index (χ3v) is 6.55. The Morgan fingerprint density at radius 3 is 2.60 bits per heavy atom. The molecule has 0 saturated carbocycles. The summed E-state index contributed by atoms with van der Waals surface area (Å²) in [5.74, 6) is 1.40. The van der Waals surface area contributed by atoms with E-state index in [0.29, 0.717) is 5.82 Å². The number of fused-ring (bicyclic) bond motifs is 2. The highest BCUT2D eigenvalue weighted by Gasteiger charge is 2.47. The number of anilines is 3. The molecule has 0 radical (unpaired) electrons. The fourth-order valence-corrected chi connectivity index (χ4v) is 5.02. The zero-order valence-corrected chi connectivity index (χ0v) is 16.8. The fraction of sp³-hybridized carbons (Fsp3) is 0.292. The van der Waals surface area contributed by atoms with Crippen LogP contribution in [-0.4, -0.2) is 29.0 Å². The number of hydrogen-bond donors (Lipinski definition) is 2. The average Bonchev–Trinajstić information content (AvgIpc) is 3.09. The Kier molecular flexibility index (Phi) is 4.62. The molecule has 2 aliphatic rings. The zero-order chi connectivity index (χ0) is 20.6. The van der Waals surface area contributed by atoms with E-state index in [0.717, 1.165) is 49.4 Å². The summed E-state index contributed by atoms with van der Waals surface area (Å²) in [4.78, 5) is 24.2. The van der Waals surface area contributed by atoms with E-state index in [4.69, 9.17) is 5.73 Å². The minimum Gasteiger partial charge on any atom is -0.399 e. The van der Waals surface area contributed by atoms with Crippen LogP contribution in [0.5, 0.6) is 0 Å². The molecular weight excluding hydrogens is 374 g/mol. The van der Waals surface area contributed by atoms with Gasteiger partial charge in [0.2, 0.25) is 5.91 Å². The van der Waals surface area contributed by atoms with Gasteiger partial charge in [-0.3, -0.25) is 4.79 Å². The number of amides is 1. The summed E-state index contributed by atoms with van der Waals surface area (Å²) in [6, 6.07) is 17.7. The van der Waals surface area contributed by atoms with Gasteiger partial charge in [0.15, 0.2) is 0 Å². The van der Waals surface area contributed by atoms with Crippen molar-refractivity contribution in [3.63, 3.8) is 0 Å². The van der Waals surface area contributed by atoms with Gasteiger partial charge in [-0.1, -0.05) is 30.3 Å². The molecule has 1 aliphatic carbocycles. The van der Waals surface area contributed by atoms with Crippen molar-refractivity contribution in [2.45, 2.75) is 30.6 Å². The number of nitrogens with two attached hydrogens (primary N) is 1. The highest BCUT2D eigenvalue weighted by Crippen LogP contribution is 2.52. The van der Waals surface area contributed by atoms with Crippen molar-refractivity contribution < 1.29 is 4.79 Å². The van der Waals surface area contributed by atoms with E-state index in [1.165, 1.54) is 5.56 Å². The highest BCUT2D eigenvalue weighted by atomic mass is 16.2. The van der Waals surface area contributed by atoms with Crippen molar-refractivity contribution in [2.75, 3.05) is 29.0 Å². The van der Waals surface area contributed by atoms with E-state index in [2.05, 4.69) is 38.4 Å². The second-order valence-corrected chi connectivity index (χ2v) is 8.26. The van der Waals surface area contributed by atoms with Gasteiger partial charge in [-0.2, -0.15) is 0 Å². The summed E-state index contributed by atoms with van der Waals surface area (Å²) >= 11 is 0. The maximum Gasteiger partial charge on any atom is 0.233 e. The van der Waals surface area contributed by atoms with Crippen LogP contribution in [0, 0.1) is 0 Å². The molecule has 1 saturated heterocycles. The summed E-state index contributed by atoms with van der Waals surface area (Å²) in [6.45, 7) is 1.80. The molecule has 1 spiro atoms. The molecule has 6 nitrogen and oxygen atoms in total. The first kappa shape index (κ1) is 18.6. The largest absolute Gasteiger partial charge is 0.399 e. The van der Waals surface area contributed by atoms with Crippen LogP contribution >= 0.6 is 0 Å². The molecule has 6 heteroatoms. The van der Waals surface area contributed by atoms with Gasteiger partial charge in [-0.05, 0) is 48.6 Å². The summed E-state index contributed by atoms with van der Waals surface area (Å²) in [6.07, 6.45) is 6.28. The number of carbonyl (C=O) groups is 1. The number of pyridine rings is 2. The number of piperidine rings is 1. The van der Waals surface area contributed by atoms with Crippen molar-refractivity contribution in [1.82, 2.24) is 9.97 Å². The Morgan fingerprint density at radius 2 is 1.83 bits per heavy atom. The monoisotopic (exact) mass is 399 g/mol. The van der Waals surface area contributed by atoms with E-state index in [-0.39, 0.29) is 17.2 Å². The van der Waals surface area contributed by atoms with Crippen LogP contribution in [0.3, 0.4) is 0 Å².